The molecule has 0 radical (unpaired) electrons. The Morgan fingerprint density at radius 3 is 1.75 bits per heavy atom. The van der Waals surface area contributed by atoms with Crippen LogP contribution in [0.3, 0.4) is 0 Å². The van der Waals surface area contributed by atoms with E-state index in [-0.39, 0.29) is 5.92 Å². The van der Waals surface area contributed by atoms with Crippen molar-refractivity contribution in [1.29, 1.82) is 0 Å². The minimum atomic E-state index is 0.257. The monoisotopic (exact) mass is 218 g/mol. The molecule has 16 heavy (non-hydrogen) atoms. The predicted molar refractivity (Wildman–Crippen MR) is 63.6 cm³/mol. The highest BCUT2D eigenvalue weighted by molar-refractivity contribution is 5.22. The van der Waals surface area contributed by atoms with Gasteiger partial charge >= 0.3 is 0 Å². The summed E-state index contributed by atoms with van der Waals surface area (Å²) < 4.78 is 11.4. The van der Waals surface area contributed by atoms with Gasteiger partial charge in [0.1, 0.15) is 23.0 Å². The Balaban J connectivity index is 2.30. The lowest BCUT2D eigenvalue weighted by Gasteiger charge is -2.10. The van der Waals surface area contributed by atoms with Crippen molar-refractivity contribution in [3.63, 3.8) is 0 Å². The second-order valence-electron chi connectivity index (χ2n) is 4.24. The van der Waals surface area contributed by atoms with Gasteiger partial charge in [-0.05, 0) is 44.5 Å². The summed E-state index contributed by atoms with van der Waals surface area (Å²) in [6.45, 7) is 6.12. The van der Waals surface area contributed by atoms with Gasteiger partial charge in [0.05, 0.1) is 5.92 Å². The number of hydrogen-bond acceptors (Lipinski definition) is 2. The summed E-state index contributed by atoms with van der Waals surface area (Å²) in [5, 5.41) is 0. The molecule has 2 heteroatoms. The Labute approximate surface area is 96.3 Å². The Morgan fingerprint density at radius 1 is 0.938 bits per heavy atom. The summed E-state index contributed by atoms with van der Waals surface area (Å²) in [4.78, 5) is 0. The van der Waals surface area contributed by atoms with Crippen molar-refractivity contribution < 1.29 is 8.83 Å². The van der Waals surface area contributed by atoms with Crippen molar-refractivity contribution in [2.45, 2.75) is 39.5 Å². The lowest BCUT2D eigenvalue weighted by molar-refractivity contribution is 0.396. The zero-order valence-electron chi connectivity index (χ0n) is 10.1. The number of furan rings is 2. The Hall–Kier alpha value is -1.44. The molecule has 86 valence electrons. The Kier molecular flexibility index (Phi) is 3.18. The van der Waals surface area contributed by atoms with Crippen LogP contribution in [0.1, 0.15) is 48.7 Å². The average Bonchev–Trinajstić information content (AvgIpc) is 2.84. The zero-order chi connectivity index (χ0) is 11.5. The quantitative estimate of drug-likeness (QED) is 0.759. The van der Waals surface area contributed by atoms with Crippen LogP contribution in [0.4, 0.5) is 0 Å². The van der Waals surface area contributed by atoms with Crippen LogP contribution >= 0.6 is 0 Å². The molecular weight excluding hydrogens is 200 g/mol. The summed E-state index contributed by atoms with van der Waals surface area (Å²) in [5.74, 6) is 4.19. The molecule has 0 N–H and O–H groups in total. The highest BCUT2D eigenvalue weighted by atomic mass is 16.4. The smallest absolute Gasteiger partial charge is 0.114 e. The molecule has 2 heterocycles. The van der Waals surface area contributed by atoms with Crippen molar-refractivity contribution in [2.24, 2.45) is 0 Å². The van der Waals surface area contributed by atoms with Crippen LogP contribution in [0.25, 0.3) is 0 Å². The molecule has 2 aromatic heterocycles. The lowest BCUT2D eigenvalue weighted by Crippen LogP contribution is -1.97. The third kappa shape index (κ3) is 2.21. The molecule has 0 saturated carbocycles. The summed E-state index contributed by atoms with van der Waals surface area (Å²) in [6, 6.07) is 8.11. The van der Waals surface area contributed by atoms with E-state index in [0.717, 1.165) is 35.9 Å². The number of aryl methyl sites for hydroxylation is 2. The molecule has 0 amide bonds. The SMILES string of the molecule is CCCC(c1ccc(C)o1)c1ccc(C)o1. The van der Waals surface area contributed by atoms with Gasteiger partial charge in [-0.1, -0.05) is 13.3 Å². The number of hydrogen-bond donors (Lipinski definition) is 0. The first kappa shape index (κ1) is 11.1. The third-order valence-corrected chi connectivity index (χ3v) is 2.79. The molecule has 0 fully saturated rings. The van der Waals surface area contributed by atoms with Crippen LogP contribution in [-0.4, -0.2) is 0 Å². The third-order valence-electron chi connectivity index (χ3n) is 2.79. The van der Waals surface area contributed by atoms with Crippen LogP contribution in [0.15, 0.2) is 33.1 Å². The van der Waals surface area contributed by atoms with Gasteiger partial charge in [-0.3, -0.25) is 0 Å². The molecule has 0 aliphatic heterocycles. The van der Waals surface area contributed by atoms with Crippen LogP contribution in [0.5, 0.6) is 0 Å². The van der Waals surface area contributed by atoms with Crippen LogP contribution in [-0.2, 0) is 0 Å². The standard InChI is InChI=1S/C14H18O2/c1-4-5-12(13-8-6-10(2)15-13)14-9-7-11(3)16-14/h6-9,12H,4-5H2,1-3H3. The van der Waals surface area contributed by atoms with Crippen molar-refractivity contribution in [2.75, 3.05) is 0 Å². The van der Waals surface area contributed by atoms with E-state index < -0.39 is 0 Å². The minimum Gasteiger partial charge on any atom is -0.466 e. The molecule has 0 bridgehead atoms. The molecule has 0 aromatic carbocycles. The van der Waals surface area contributed by atoms with Crippen molar-refractivity contribution >= 4 is 0 Å². The van der Waals surface area contributed by atoms with Gasteiger partial charge in [-0.25, -0.2) is 0 Å². The Morgan fingerprint density at radius 2 is 1.44 bits per heavy atom. The molecule has 0 aliphatic carbocycles. The normalized spacial score (nSPS) is 11.2. The van der Waals surface area contributed by atoms with Crippen molar-refractivity contribution in [3.05, 3.63) is 47.3 Å². The maximum atomic E-state index is 5.70. The molecule has 0 unspecified atom stereocenters. The largest absolute Gasteiger partial charge is 0.466 e. The van der Waals surface area contributed by atoms with E-state index in [1.54, 1.807) is 0 Å². The summed E-state index contributed by atoms with van der Waals surface area (Å²) in [6.07, 6.45) is 2.17. The fourth-order valence-electron chi connectivity index (χ4n) is 1.99. The molecule has 2 nitrogen and oxygen atoms in total. The van der Waals surface area contributed by atoms with Crippen molar-refractivity contribution in [1.82, 2.24) is 0 Å². The van der Waals surface area contributed by atoms with Crippen molar-refractivity contribution in [3.8, 4) is 0 Å². The summed E-state index contributed by atoms with van der Waals surface area (Å²) in [5.41, 5.74) is 0. The first-order valence-electron chi connectivity index (χ1n) is 5.83. The van der Waals surface area contributed by atoms with Gasteiger partial charge in [0.25, 0.3) is 0 Å². The van der Waals surface area contributed by atoms with Gasteiger partial charge < -0.3 is 8.83 Å². The first-order valence-corrected chi connectivity index (χ1v) is 5.83. The second kappa shape index (κ2) is 4.60. The molecule has 0 aliphatic rings. The fourth-order valence-corrected chi connectivity index (χ4v) is 1.99. The molecule has 0 atom stereocenters. The molecule has 2 aromatic rings. The maximum Gasteiger partial charge on any atom is 0.114 e. The fraction of sp³-hybridized carbons (Fsp3) is 0.429. The lowest BCUT2D eigenvalue weighted by atomic mass is 9.98. The van der Waals surface area contributed by atoms with E-state index in [1.165, 1.54) is 0 Å². The van der Waals surface area contributed by atoms with Crippen LogP contribution in [0.2, 0.25) is 0 Å². The topological polar surface area (TPSA) is 26.3 Å². The van der Waals surface area contributed by atoms with Crippen LogP contribution in [0, 0.1) is 13.8 Å². The summed E-state index contributed by atoms with van der Waals surface area (Å²) >= 11 is 0. The van der Waals surface area contributed by atoms with E-state index in [9.17, 15) is 0 Å². The second-order valence-corrected chi connectivity index (χ2v) is 4.24. The van der Waals surface area contributed by atoms with Gasteiger partial charge in [0, 0.05) is 0 Å². The van der Waals surface area contributed by atoms with E-state index in [4.69, 9.17) is 8.83 Å². The van der Waals surface area contributed by atoms with Gasteiger partial charge in [-0.2, -0.15) is 0 Å². The first-order chi connectivity index (χ1) is 7.70. The molecule has 2 rings (SSSR count). The van der Waals surface area contributed by atoms with E-state index in [2.05, 4.69) is 6.92 Å². The predicted octanol–water partition coefficient (Wildman–Crippen LogP) is 4.42. The molecule has 0 saturated heterocycles. The van der Waals surface area contributed by atoms with E-state index >= 15 is 0 Å². The summed E-state index contributed by atoms with van der Waals surface area (Å²) in [7, 11) is 0. The minimum absolute atomic E-state index is 0.257. The van der Waals surface area contributed by atoms with Gasteiger partial charge in [0.15, 0.2) is 0 Å². The van der Waals surface area contributed by atoms with E-state index in [0.29, 0.717) is 0 Å². The van der Waals surface area contributed by atoms with Gasteiger partial charge in [-0.15, -0.1) is 0 Å². The average molecular weight is 218 g/mol. The number of rotatable bonds is 4. The highest BCUT2D eigenvalue weighted by Crippen LogP contribution is 2.31. The molecule has 0 spiro atoms. The van der Waals surface area contributed by atoms with Crippen LogP contribution < -0.4 is 0 Å². The maximum absolute atomic E-state index is 5.70. The highest BCUT2D eigenvalue weighted by Gasteiger charge is 2.19. The Bertz CT molecular complexity index is 411. The van der Waals surface area contributed by atoms with E-state index in [1.807, 2.05) is 38.1 Å². The van der Waals surface area contributed by atoms with Gasteiger partial charge in [0.2, 0.25) is 0 Å². The zero-order valence-corrected chi connectivity index (χ0v) is 10.1. The molecular formula is C14H18O2.